The Morgan fingerprint density at radius 1 is 1.37 bits per heavy atom. The molecule has 1 aromatic carbocycles. The predicted octanol–water partition coefficient (Wildman–Crippen LogP) is 0.818. The van der Waals surface area contributed by atoms with Gasteiger partial charge >= 0.3 is 0 Å². The molecule has 0 unspecified atom stereocenters. The number of nitriles is 1. The number of amides is 1. The Hall–Kier alpha value is -2.88. The number of carbonyl (C=O) groups excluding carboxylic acids is 1. The lowest BCUT2D eigenvalue weighted by Crippen LogP contribution is -2.31. The van der Waals surface area contributed by atoms with E-state index in [0.29, 0.717) is 6.54 Å². The maximum atomic E-state index is 12.2. The van der Waals surface area contributed by atoms with Crippen molar-refractivity contribution in [3.8, 4) is 6.07 Å². The van der Waals surface area contributed by atoms with Gasteiger partial charge in [-0.05, 0) is 15.9 Å². The minimum atomic E-state index is -0.482. The number of hydrogen-bond acceptors (Lipinski definition) is 6. The average molecular weight is 257 g/mol. The number of hydrogen-bond donors (Lipinski definition) is 1. The largest absolute Gasteiger partial charge is 0.379 e. The molecule has 0 saturated carbocycles. The summed E-state index contributed by atoms with van der Waals surface area (Å²) >= 11 is 0. The van der Waals surface area contributed by atoms with Gasteiger partial charge in [0.2, 0.25) is 11.5 Å². The normalized spacial score (nSPS) is 9.84. The Labute approximate surface area is 109 Å². The molecule has 0 aliphatic heterocycles. The van der Waals surface area contributed by atoms with E-state index in [1.807, 2.05) is 36.4 Å². The number of nitrogens with zero attached hydrogens (tertiary/aromatic N) is 4. The number of carbonyl (C=O) groups is 1. The van der Waals surface area contributed by atoms with Gasteiger partial charge in [-0.25, -0.2) is 4.63 Å². The first-order valence-corrected chi connectivity index (χ1v) is 5.50. The topological polar surface area (TPSA) is 109 Å². The fourth-order valence-corrected chi connectivity index (χ4v) is 1.58. The van der Waals surface area contributed by atoms with Crippen LogP contribution in [0.5, 0.6) is 0 Å². The van der Waals surface area contributed by atoms with E-state index in [-0.39, 0.29) is 18.1 Å². The van der Waals surface area contributed by atoms with Crippen LogP contribution in [0.15, 0.2) is 35.0 Å². The molecule has 2 aromatic rings. The fraction of sp³-hybridized carbons (Fsp3) is 0.167. The second-order valence-corrected chi connectivity index (χ2v) is 3.80. The van der Waals surface area contributed by atoms with Gasteiger partial charge in [-0.15, -0.1) is 0 Å². The molecule has 0 atom stereocenters. The zero-order valence-corrected chi connectivity index (χ0v) is 9.98. The van der Waals surface area contributed by atoms with Gasteiger partial charge in [0.1, 0.15) is 6.54 Å². The maximum absolute atomic E-state index is 12.2. The molecular formula is C12H11N5O2. The van der Waals surface area contributed by atoms with Crippen molar-refractivity contribution in [3.63, 3.8) is 0 Å². The second kappa shape index (κ2) is 5.64. The lowest BCUT2D eigenvalue weighted by Gasteiger charge is -2.18. The van der Waals surface area contributed by atoms with Crippen molar-refractivity contribution in [3.05, 3.63) is 41.6 Å². The van der Waals surface area contributed by atoms with E-state index in [1.165, 1.54) is 4.90 Å². The van der Waals surface area contributed by atoms with Gasteiger partial charge in [0.15, 0.2) is 0 Å². The van der Waals surface area contributed by atoms with Crippen LogP contribution >= 0.6 is 0 Å². The Kier molecular flexibility index (Phi) is 3.73. The molecule has 0 radical (unpaired) electrons. The summed E-state index contributed by atoms with van der Waals surface area (Å²) in [6.07, 6.45) is 0. The number of aromatic nitrogens is 2. The minimum Gasteiger partial charge on any atom is -0.379 e. The summed E-state index contributed by atoms with van der Waals surface area (Å²) in [6.45, 7) is 0.222. The first-order chi connectivity index (χ1) is 9.22. The highest BCUT2D eigenvalue weighted by Crippen LogP contribution is 2.11. The number of rotatable bonds is 4. The Balaban J connectivity index is 2.19. The van der Waals surface area contributed by atoms with E-state index in [4.69, 9.17) is 11.0 Å². The monoisotopic (exact) mass is 257 g/mol. The Morgan fingerprint density at radius 2 is 2.11 bits per heavy atom. The third-order valence-electron chi connectivity index (χ3n) is 2.48. The SMILES string of the molecule is N#CCN(Cc1ccccc1)C(=O)c1nonc1N. The lowest BCUT2D eigenvalue weighted by atomic mass is 10.2. The summed E-state index contributed by atoms with van der Waals surface area (Å²) in [4.78, 5) is 13.5. The van der Waals surface area contributed by atoms with Crippen LogP contribution in [0.1, 0.15) is 16.1 Å². The summed E-state index contributed by atoms with van der Waals surface area (Å²) in [5, 5.41) is 15.6. The van der Waals surface area contributed by atoms with E-state index < -0.39 is 5.91 Å². The van der Waals surface area contributed by atoms with Crippen LogP contribution < -0.4 is 5.73 Å². The molecule has 0 aliphatic rings. The molecule has 2 rings (SSSR count). The molecule has 19 heavy (non-hydrogen) atoms. The molecular weight excluding hydrogens is 246 g/mol. The first kappa shape index (κ1) is 12.6. The molecule has 7 nitrogen and oxygen atoms in total. The standard InChI is InChI=1S/C12H11N5O2/c13-6-7-17(8-9-4-2-1-3-5-9)12(18)10-11(14)16-19-15-10/h1-5H,7-8H2,(H2,14,16). The molecule has 1 heterocycles. The number of benzene rings is 1. The first-order valence-electron chi connectivity index (χ1n) is 5.50. The smallest absolute Gasteiger partial charge is 0.281 e. The van der Waals surface area contributed by atoms with Gasteiger partial charge in [0, 0.05) is 6.54 Å². The molecule has 1 aromatic heterocycles. The lowest BCUT2D eigenvalue weighted by molar-refractivity contribution is 0.0754. The van der Waals surface area contributed by atoms with Crippen molar-refractivity contribution in [2.75, 3.05) is 12.3 Å². The molecule has 0 saturated heterocycles. The van der Waals surface area contributed by atoms with Crippen molar-refractivity contribution in [2.45, 2.75) is 6.54 Å². The van der Waals surface area contributed by atoms with Gasteiger partial charge in [-0.3, -0.25) is 4.79 Å². The zero-order chi connectivity index (χ0) is 13.7. The third-order valence-corrected chi connectivity index (χ3v) is 2.48. The zero-order valence-electron chi connectivity index (χ0n) is 9.98. The van der Waals surface area contributed by atoms with Crippen molar-refractivity contribution >= 4 is 11.7 Å². The van der Waals surface area contributed by atoms with Crippen molar-refractivity contribution in [2.24, 2.45) is 0 Å². The second-order valence-electron chi connectivity index (χ2n) is 3.80. The summed E-state index contributed by atoms with van der Waals surface area (Å²) in [5.41, 5.74) is 6.30. The summed E-state index contributed by atoms with van der Waals surface area (Å²) in [5.74, 6) is -0.565. The molecule has 1 amide bonds. The van der Waals surface area contributed by atoms with E-state index in [0.717, 1.165) is 5.56 Å². The van der Waals surface area contributed by atoms with Gasteiger partial charge in [-0.1, -0.05) is 30.3 Å². The quantitative estimate of drug-likeness (QED) is 0.812. The van der Waals surface area contributed by atoms with E-state index in [1.54, 1.807) is 0 Å². The summed E-state index contributed by atoms with van der Waals surface area (Å²) in [6, 6.07) is 11.3. The number of nitrogens with two attached hydrogens (primary N) is 1. The fourth-order valence-electron chi connectivity index (χ4n) is 1.58. The molecule has 0 fully saturated rings. The van der Waals surface area contributed by atoms with E-state index in [9.17, 15) is 4.79 Å². The van der Waals surface area contributed by atoms with Gasteiger partial charge < -0.3 is 10.6 Å². The Bertz CT molecular complexity index is 602. The van der Waals surface area contributed by atoms with Crippen LogP contribution in [0.25, 0.3) is 0 Å². The molecule has 96 valence electrons. The highest BCUT2D eigenvalue weighted by atomic mass is 16.6. The van der Waals surface area contributed by atoms with Crippen LogP contribution in [-0.2, 0) is 6.54 Å². The van der Waals surface area contributed by atoms with Gasteiger partial charge in [-0.2, -0.15) is 5.26 Å². The van der Waals surface area contributed by atoms with E-state index >= 15 is 0 Å². The van der Waals surface area contributed by atoms with Crippen LogP contribution in [0.2, 0.25) is 0 Å². The molecule has 7 heteroatoms. The van der Waals surface area contributed by atoms with Gasteiger partial charge in [0.25, 0.3) is 5.91 Å². The van der Waals surface area contributed by atoms with Gasteiger partial charge in [0.05, 0.1) is 6.07 Å². The van der Waals surface area contributed by atoms with Crippen molar-refractivity contribution in [1.29, 1.82) is 5.26 Å². The van der Waals surface area contributed by atoms with Crippen molar-refractivity contribution < 1.29 is 9.42 Å². The molecule has 0 aliphatic carbocycles. The summed E-state index contributed by atoms with van der Waals surface area (Å²) < 4.78 is 4.39. The highest BCUT2D eigenvalue weighted by Gasteiger charge is 2.22. The molecule has 0 spiro atoms. The van der Waals surface area contributed by atoms with Crippen LogP contribution in [0.3, 0.4) is 0 Å². The van der Waals surface area contributed by atoms with Crippen LogP contribution in [0, 0.1) is 11.3 Å². The minimum absolute atomic E-state index is 0.0694. The average Bonchev–Trinajstić information content (AvgIpc) is 2.85. The van der Waals surface area contributed by atoms with Crippen LogP contribution in [-0.4, -0.2) is 27.7 Å². The van der Waals surface area contributed by atoms with Crippen LogP contribution in [0.4, 0.5) is 5.82 Å². The number of anilines is 1. The summed E-state index contributed by atoms with van der Waals surface area (Å²) in [7, 11) is 0. The number of nitrogen functional groups attached to an aromatic ring is 1. The molecule has 2 N–H and O–H groups in total. The predicted molar refractivity (Wildman–Crippen MR) is 65.5 cm³/mol. The third kappa shape index (κ3) is 2.87. The Morgan fingerprint density at radius 3 is 2.68 bits per heavy atom. The van der Waals surface area contributed by atoms with Crippen molar-refractivity contribution in [1.82, 2.24) is 15.2 Å². The maximum Gasteiger partial charge on any atom is 0.281 e. The highest BCUT2D eigenvalue weighted by molar-refractivity contribution is 5.96. The van der Waals surface area contributed by atoms with E-state index in [2.05, 4.69) is 14.9 Å². The molecule has 0 bridgehead atoms.